The van der Waals surface area contributed by atoms with Gasteiger partial charge in [-0.2, -0.15) is 5.10 Å². The predicted molar refractivity (Wildman–Crippen MR) is 71.8 cm³/mol. The van der Waals surface area contributed by atoms with Crippen LogP contribution in [0.1, 0.15) is 30.0 Å². The highest BCUT2D eigenvalue weighted by Gasteiger charge is 2.27. The maximum atomic E-state index is 5.79. The van der Waals surface area contributed by atoms with Crippen molar-refractivity contribution < 1.29 is 9.47 Å². The van der Waals surface area contributed by atoms with Crippen molar-refractivity contribution in [1.82, 2.24) is 10.2 Å². The van der Waals surface area contributed by atoms with E-state index in [0.717, 1.165) is 17.0 Å². The third-order valence-electron chi connectivity index (χ3n) is 3.26. The molecule has 1 aliphatic carbocycles. The fraction of sp³-hybridized carbons (Fsp3) is 0.333. The summed E-state index contributed by atoms with van der Waals surface area (Å²) in [5.41, 5.74) is 2.05. The molecule has 1 saturated carbocycles. The number of rotatable bonds is 4. The highest BCUT2D eigenvalue weighted by molar-refractivity contribution is 5.41. The number of hydrogen-bond acceptors (Lipinski definition) is 4. The number of aromatic nitrogens is 2. The van der Waals surface area contributed by atoms with Gasteiger partial charge in [-0.05, 0) is 31.4 Å². The van der Waals surface area contributed by atoms with Gasteiger partial charge in [-0.15, -0.1) is 5.10 Å². The maximum Gasteiger partial charge on any atom is 0.281 e. The first-order chi connectivity index (χ1) is 9.28. The molecular weight excluding hydrogens is 240 g/mol. The second kappa shape index (κ2) is 4.88. The van der Waals surface area contributed by atoms with Crippen LogP contribution >= 0.6 is 0 Å². The van der Waals surface area contributed by atoms with Gasteiger partial charge in [0.25, 0.3) is 5.88 Å². The lowest BCUT2D eigenvalue weighted by atomic mass is 10.2. The Balaban J connectivity index is 1.89. The van der Waals surface area contributed by atoms with Crippen molar-refractivity contribution in [3.63, 3.8) is 0 Å². The third kappa shape index (κ3) is 2.52. The molecule has 2 aromatic rings. The molecule has 1 aromatic carbocycles. The van der Waals surface area contributed by atoms with Crippen LogP contribution in [0.15, 0.2) is 30.3 Å². The minimum absolute atomic E-state index is 0.418. The van der Waals surface area contributed by atoms with E-state index < -0.39 is 0 Å². The Kier molecular flexibility index (Phi) is 3.07. The summed E-state index contributed by atoms with van der Waals surface area (Å²) in [5, 5.41) is 8.37. The van der Waals surface area contributed by atoms with Gasteiger partial charge in [-0.1, -0.05) is 18.2 Å². The molecule has 1 fully saturated rings. The molecule has 98 valence electrons. The topological polar surface area (TPSA) is 44.2 Å². The Hall–Kier alpha value is -2.10. The number of hydrogen-bond donors (Lipinski definition) is 0. The summed E-state index contributed by atoms with van der Waals surface area (Å²) in [7, 11) is 1.62. The Morgan fingerprint density at radius 2 is 1.89 bits per heavy atom. The fourth-order valence-electron chi connectivity index (χ4n) is 1.95. The molecule has 4 nitrogen and oxygen atoms in total. The van der Waals surface area contributed by atoms with Crippen molar-refractivity contribution in [3.8, 4) is 17.4 Å². The normalized spacial score (nSPS) is 14.2. The number of benzene rings is 1. The molecule has 1 aliphatic rings. The average molecular weight is 256 g/mol. The quantitative estimate of drug-likeness (QED) is 0.840. The zero-order valence-corrected chi connectivity index (χ0v) is 11.1. The lowest BCUT2D eigenvalue weighted by Crippen LogP contribution is -1.99. The molecule has 0 radical (unpaired) electrons. The van der Waals surface area contributed by atoms with E-state index >= 15 is 0 Å². The first-order valence-corrected chi connectivity index (χ1v) is 6.43. The monoisotopic (exact) mass is 256 g/mol. The van der Waals surface area contributed by atoms with Gasteiger partial charge in [0.05, 0.1) is 12.8 Å². The Bertz CT molecular complexity index is 594. The number of ether oxygens (including phenoxy) is 2. The SMILES string of the molecule is COc1cc(C2CC2)nnc1Oc1ccccc1C. The number of para-hydroxylation sites is 1. The summed E-state index contributed by atoms with van der Waals surface area (Å²) in [6, 6.07) is 9.74. The van der Waals surface area contributed by atoms with Crippen LogP contribution < -0.4 is 9.47 Å². The summed E-state index contributed by atoms with van der Waals surface area (Å²) >= 11 is 0. The van der Waals surface area contributed by atoms with Crippen molar-refractivity contribution in [3.05, 3.63) is 41.6 Å². The van der Waals surface area contributed by atoms with Gasteiger partial charge < -0.3 is 9.47 Å². The van der Waals surface area contributed by atoms with E-state index in [-0.39, 0.29) is 0 Å². The molecule has 0 aliphatic heterocycles. The first kappa shape index (κ1) is 12.0. The summed E-state index contributed by atoms with van der Waals surface area (Å²) in [5.74, 6) is 2.38. The van der Waals surface area contributed by atoms with Gasteiger partial charge in [0.2, 0.25) is 0 Å². The lowest BCUT2D eigenvalue weighted by molar-refractivity contribution is 0.363. The van der Waals surface area contributed by atoms with Gasteiger partial charge in [0.1, 0.15) is 5.75 Å². The third-order valence-corrected chi connectivity index (χ3v) is 3.26. The number of methoxy groups -OCH3 is 1. The second-order valence-corrected chi connectivity index (χ2v) is 4.78. The van der Waals surface area contributed by atoms with Crippen LogP contribution in [0.5, 0.6) is 17.4 Å². The van der Waals surface area contributed by atoms with Crippen LogP contribution in [0.25, 0.3) is 0 Å². The summed E-state index contributed by atoms with van der Waals surface area (Å²) in [6.45, 7) is 1.99. The molecule has 0 bridgehead atoms. The van der Waals surface area contributed by atoms with Crippen LogP contribution in [0.4, 0.5) is 0 Å². The summed E-state index contributed by atoms with van der Waals surface area (Å²) < 4.78 is 11.1. The van der Waals surface area contributed by atoms with Crippen LogP contribution in [0.3, 0.4) is 0 Å². The van der Waals surface area contributed by atoms with E-state index in [0.29, 0.717) is 17.5 Å². The predicted octanol–water partition coefficient (Wildman–Crippen LogP) is 3.46. The largest absolute Gasteiger partial charge is 0.491 e. The molecule has 0 spiro atoms. The van der Waals surface area contributed by atoms with Crippen molar-refractivity contribution >= 4 is 0 Å². The molecule has 1 aromatic heterocycles. The van der Waals surface area contributed by atoms with E-state index in [1.165, 1.54) is 12.8 Å². The highest BCUT2D eigenvalue weighted by Crippen LogP contribution is 2.41. The van der Waals surface area contributed by atoms with E-state index in [4.69, 9.17) is 9.47 Å². The molecule has 0 unspecified atom stereocenters. The Morgan fingerprint density at radius 3 is 2.58 bits per heavy atom. The Morgan fingerprint density at radius 1 is 1.11 bits per heavy atom. The van der Waals surface area contributed by atoms with Gasteiger partial charge in [-0.3, -0.25) is 0 Å². The zero-order chi connectivity index (χ0) is 13.2. The van der Waals surface area contributed by atoms with Crippen molar-refractivity contribution in [2.45, 2.75) is 25.7 Å². The lowest BCUT2D eigenvalue weighted by Gasteiger charge is -2.11. The van der Waals surface area contributed by atoms with Crippen LogP contribution in [-0.2, 0) is 0 Å². The van der Waals surface area contributed by atoms with Gasteiger partial charge >= 0.3 is 0 Å². The molecule has 3 rings (SSSR count). The fourth-order valence-corrected chi connectivity index (χ4v) is 1.95. The van der Waals surface area contributed by atoms with Crippen molar-refractivity contribution in [1.29, 1.82) is 0 Å². The van der Waals surface area contributed by atoms with Gasteiger partial charge in [0, 0.05) is 12.0 Å². The molecule has 0 amide bonds. The molecule has 0 atom stereocenters. The smallest absolute Gasteiger partial charge is 0.281 e. The zero-order valence-electron chi connectivity index (χ0n) is 11.1. The molecule has 19 heavy (non-hydrogen) atoms. The minimum Gasteiger partial charge on any atom is -0.491 e. The minimum atomic E-state index is 0.418. The van der Waals surface area contributed by atoms with Crippen molar-refractivity contribution in [2.24, 2.45) is 0 Å². The average Bonchev–Trinajstić information content (AvgIpc) is 3.26. The van der Waals surface area contributed by atoms with Crippen LogP contribution in [0, 0.1) is 6.92 Å². The number of nitrogens with zero attached hydrogens (tertiary/aromatic N) is 2. The molecule has 0 saturated heterocycles. The van der Waals surface area contributed by atoms with Gasteiger partial charge in [0.15, 0.2) is 5.75 Å². The molecule has 4 heteroatoms. The van der Waals surface area contributed by atoms with Crippen molar-refractivity contribution in [2.75, 3.05) is 7.11 Å². The van der Waals surface area contributed by atoms with E-state index in [2.05, 4.69) is 10.2 Å². The molecule has 1 heterocycles. The molecule has 0 N–H and O–H groups in total. The summed E-state index contributed by atoms with van der Waals surface area (Å²) in [4.78, 5) is 0. The van der Waals surface area contributed by atoms with E-state index in [9.17, 15) is 0 Å². The van der Waals surface area contributed by atoms with Crippen LogP contribution in [-0.4, -0.2) is 17.3 Å². The first-order valence-electron chi connectivity index (χ1n) is 6.43. The second-order valence-electron chi connectivity index (χ2n) is 4.78. The highest BCUT2D eigenvalue weighted by atomic mass is 16.5. The number of aryl methyl sites for hydroxylation is 1. The van der Waals surface area contributed by atoms with Crippen LogP contribution in [0.2, 0.25) is 0 Å². The summed E-state index contributed by atoms with van der Waals surface area (Å²) in [6.07, 6.45) is 2.38. The van der Waals surface area contributed by atoms with E-state index in [1.54, 1.807) is 7.11 Å². The maximum absolute atomic E-state index is 5.79. The molecular formula is C15H16N2O2. The standard InChI is InChI=1S/C15H16N2O2/c1-10-5-3-4-6-13(10)19-15-14(18-2)9-12(16-17-15)11-7-8-11/h3-6,9,11H,7-8H2,1-2H3. The van der Waals surface area contributed by atoms with Gasteiger partial charge in [-0.25, -0.2) is 0 Å². The Labute approximate surface area is 112 Å². The van der Waals surface area contributed by atoms with E-state index in [1.807, 2.05) is 37.3 Å².